The minimum absolute atomic E-state index is 0.0647. The van der Waals surface area contributed by atoms with Crippen LogP contribution >= 0.6 is 0 Å². The fraction of sp³-hybridized carbons (Fsp3) is 0.292. The number of nitrogens with one attached hydrogen (secondary N) is 1. The molecule has 0 unspecified atom stereocenters. The number of aromatic amines is 1. The number of rotatable bonds is 7. The maximum Gasteiger partial charge on any atom is 0.254 e. The smallest absolute Gasteiger partial charge is 0.254 e. The first-order chi connectivity index (χ1) is 15.2. The molecule has 0 bridgehead atoms. The number of H-pyrrole nitrogens is 1. The molecule has 0 atom stereocenters. The molecule has 3 aromatic rings. The van der Waals surface area contributed by atoms with E-state index in [0.717, 1.165) is 28.9 Å². The summed E-state index contributed by atoms with van der Waals surface area (Å²) in [6, 6.07) is 9.56. The molecule has 1 aliphatic rings. The largest absolute Gasteiger partial charge is 0.490 e. The van der Waals surface area contributed by atoms with Gasteiger partial charge in [0.05, 0.1) is 12.3 Å². The Hall–Kier alpha value is -3.63. The first kappa shape index (κ1) is 20.6. The van der Waals surface area contributed by atoms with Crippen LogP contribution in [0.3, 0.4) is 0 Å². The summed E-state index contributed by atoms with van der Waals surface area (Å²) in [6.07, 6.45) is 9.34. The molecule has 0 aliphatic carbocycles. The fourth-order valence-electron chi connectivity index (χ4n) is 3.69. The summed E-state index contributed by atoms with van der Waals surface area (Å²) in [7, 11) is 0. The first-order valence-corrected chi connectivity index (χ1v) is 10.2. The summed E-state index contributed by atoms with van der Waals surface area (Å²) in [4.78, 5) is 26.5. The van der Waals surface area contributed by atoms with Crippen molar-refractivity contribution in [2.45, 2.75) is 26.4 Å². The SMILES string of the molecule is C#CCOc1ccc(CN2CCc3c(nc(-c4ccncc4)[nH]c3=O)C2)cc1OCC. The zero-order valence-electron chi connectivity index (χ0n) is 17.4. The number of pyridine rings is 1. The Bertz CT molecular complexity index is 1150. The zero-order chi connectivity index (χ0) is 21.6. The molecule has 4 rings (SSSR count). The van der Waals surface area contributed by atoms with Crippen LogP contribution in [0.25, 0.3) is 11.4 Å². The molecule has 0 saturated heterocycles. The standard InChI is InChI=1S/C24H24N4O3/c1-3-13-31-21-6-5-17(14-22(21)30-4-2)15-28-12-9-19-20(16-28)26-23(27-24(19)29)18-7-10-25-11-8-18/h1,5-8,10-11,14H,4,9,12-13,15-16H2,2H3,(H,26,27,29). The van der Waals surface area contributed by atoms with Gasteiger partial charge in [-0.15, -0.1) is 6.42 Å². The molecule has 0 spiro atoms. The van der Waals surface area contributed by atoms with E-state index >= 15 is 0 Å². The maximum absolute atomic E-state index is 12.6. The lowest BCUT2D eigenvalue weighted by molar-refractivity contribution is 0.239. The molecule has 7 nitrogen and oxygen atoms in total. The van der Waals surface area contributed by atoms with E-state index in [-0.39, 0.29) is 12.2 Å². The third-order valence-electron chi connectivity index (χ3n) is 5.13. The topological polar surface area (TPSA) is 80.3 Å². The number of nitrogens with zero attached hydrogens (tertiary/aromatic N) is 3. The van der Waals surface area contributed by atoms with Crippen LogP contribution in [0.4, 0.5) is 0 Å². The highest BCUT2D eigenvalue weighted by atomic mass is 16.5. The summed E-state index contributed by atoms with van der Waals surface area (Å²) in [5.74, 6) is 4.37. The molecule has 0 saturated carbocycles. The number of benzene rings is 1. The highest BCUT2D eigenvalue weighted by molar-refractivity contribution is 5.54. The van der Waals surface area contributed by atoms with Crippen LogP contribution in [0.15, 0.2) is 47.5 Å². The number of terminal acetylenes is 1. The third-order valence-corrected chi connectivity index (χ3v) is 5.13. The Labute approximate surface area is 181 Å². The van der Waals surface area contributed by atoms with E-state index in [1.54, 1.807) is 12.4 Å². The monoisotopic (exact) mass is 416 g/mol. The van der Waals surface area contributed by atoms with Crippen LogP contribution in [0.1, 0.15) is 23.7 Å². The van der Waals surface area contributed by atoms with Gasteiger partial charge in [0, 0.05) is 43.2 Å². The van der Waals surface area contributed by atoms with E-state index in [1.165, 1.54) is 0 Å². The minimum Gasteiger partial charge on any atom is -0.490 e. The van der Waals surface area contributed by atoms with Crippen LogP contribution < -0.4 is 15.0 Å². The lowest BCUT2D eigenvalue weighted by Gasteiger charge is -2.28. The lowest BCUT2D eigenvalue weighted by Crippen LogP contribution is -2.35. The van der Waals surface area contributed by atoms with Crippen molar-refractivity contribution in [3.63, 3.8) is 0 Å². The van der Waals surface area contributed by atoms with Crippen molar-refractivity contribution < 1.29 is 9.47 Å². The average Bonchev–Trinajstić information content (AvgIpc) is 2.79. The molecule has 2 aromatic heterocycles. The Kier molecular flexibility index (Phi) is 6.29. The van der Waals surface area contributed by atoms with Crippen molar-refractivity contribution in [3.05, 3.63) is 69.9 Å². The Morgan fingerprint density at radius 2 is 2.03 bits per heavy atom. The van der Waals surface area contributed by atoms with Gasteiger partial charge >= 0.3 is 0 Å². The van der Waals surface area contributed by atoms with Crippen LogP contribution in [-0.2, 0) is 19.5 Å². The first-order valence-electron chi connectivity index (χ1n) is 10.2. The van der Waals surface area contributed by atoms with Gasteiger partial charge in [-0.3, -0.25) is 14.7 Å². The molecule has 31 heavy (non-hydrogen) atoms. The molecule has 1 N–H and O–H groups in total. The number of hydrogen-bond donors (Lipinski definition) is 1. The van der Waals surface area contributed by atoms with Gasteiger partial charge in [0.25, 0.3) is 5.56 Å². The molecule has 0 fully saturated rings. The predicted molar refractivity (Wildman–Crippen MR) is 118 cm³/mol. The van der Waals surface area contributed by atoms with Gasteiger partial charge < -0.3 is 14.5 Å². The van der Waals surface area contributed by atoms with Gasteiger partial charge in [-0.25, -0.2) is 4.98 Å². The van der Waals surface area contributed by atoms with Gasteiger partial charge in [0.2, 0.25) is 0 Å². The normalized spacial score (nSPS) is 13.3. The number of aromatic nitrogens is 3. The van der Waals surface area contributed by atoms with Gasteiger partial charge in [-0.1, -0.05) is 12.0 Å². The van der Waals surface area contributed by atoms with Gasteiger partial charge in [0.15, 0.2) is 11.5 Å². The van der Waals surface area contributed by atoms with E-state index < -0.39 is 0 Å². The summed E-state index contributed by atoms with van der Waals surface area (Å²) >= 11 is 0. The number of ether oxygens (including phenoxy) is 2. The van der Waals surface area contributed by atoms with E-state index in [2.05, 4.69) is 20.8 Å². The second-order valence-corrected chi connectivity index (χ2v) is 7.24. The summed E-state index contributed by atoms with van der Waals surface area (Å²) < 4.78 is 11.3. The molecule has 3 heterocycles. The Morgan fingerprint density at radius 1 is 1.19 bits per heavy atom. The maximum atomic E-state index is 12.6. The molecule has 0 amide bonds. The lowest BCUT2D eigenvalue weighted by atomic mass is 10.0. The molecule has 158 valence electrons. The molecule has 0 radical (unpaired) electrons. The van der Waals surface area contributed by atoms with Gasteiger partial charge in [-0.05, 0) is 43.2 Å². The van der Waals surface area contributed by atoms with E-state index in [1.807, 2.05) is 37.3 Å². The highest BCUT2D eigenvalue weighted by Crippen LogP contribution is 2.29. The van der Waals surface area contributed by atoms with Crippen LogP contribution in [0, 0.1) is 12.3 Å². The van der Waals surface area contributed by atoms with Crippen molar-refractivity contribution >= 4 is 0 Å². The van der Waals surface area contributed by atoms with Gasteiger partial charge in [0.1, 0.15) is 12.4 Å². The zero-order valence-corrected chi connectivity index (χ0v) is 17.4. The van der Waals surface area contributed by atoms with E-state index in [0.29, 0.717) is 43.4 Å². The summed E-state index contributed by atoms with van der Waals surface area (Å²) in [5, 5.41) is 0. The van der Waals surface area contributed by atoms with Crippen molar-refractivity contribution in [2.75, 3.05) is 19.8 Å². The van der Waals surface area contributed by atoms with Crippen molar-refractivity contribution in [3.8, 4) is 35.2 Å². The average molecular weight is 416 g/mol. The van der Waals surface area contributed by atoms with Crippen molar-refractivity contribution in [1.82, 2.24) is 19.9 Å². The Balaban J connectivity index is 1.54. The molecular weight excluding hydrogens is 392 g/mol. The Morgan fingerprint density at radius 3 is 2.81 bits per heavy atom. The number of hydrogen-bond acceptors (Lipinski definition) is 6. The van der Waals surface area contributed by atoms with Crippen LogP contribution in [0.5, 0.6) is 11.5 Å². The fourth-order valence-corrected chi connectivity index (χ4v) is 3.69. The minimum atomic E-state index is -0.0647. The second-order valence-electron chi connectivity index (χ2n) is 7.24. The molecule has 1 aliphatic heterocycles. The third kappa shape index (κ3) is 4.76. The van der Waals surface area contributed by atoms with Crippen LogP contribution in [-0.4, -0.2) is 39.6 Å². The predicted octanol–water partition coefficient (Wildman–Crippen LogP) is 2.80. The van der Waals surface area contributed by atoms with E-state index in [4.69, 9.17) is 20.9 Å². The van der Waals surface area contributed by atoms with Crippen LogP contribution in [0.2, 0.25) is 0 Å². The van der Waals surface area contributed by atoms with Crippen molar-refractivity contribution in [1.29, 1.82) is 0 Å². The summed E-state index contributed by atoms with van der Waals surface area (Å²) in [5.41, 5.74) is 3.46. The molecular formula is C24H24N4O3. The van der Waals surface area contributed by atoms with Gasteiger partial charge in [-0.2, -0.15) is 0 Å². The second kappa shape index (κ2) is 9.45. The van der Waals surface area contributed by atoms with Crippen molar-refractivity contribution in [2.24, 2.45) is 0 Å². The molecule has 7 heteroatoms. The molecule has 1 aromatic carbocycles. The number of fused-ring (bicyclic) bond motifs is 1. The quantitative estimate of drug-likeness (QED) is 0.597. The summed E-state index contributed by atoms with van der Waals surface area (Å²) in [6.45, 7) is 4.78. The van der Waals surface area contributed by atoms with E-state index in [9.17, 15) is 4.79 Å². The highest BCUT2D eigenvalue weighted by Gasteiger charge is 2.22.